The van der Waals surface area contributed by atoms with Crippen LogP contribution in [0.1, 0.15) is 45.4 Å². The molecule has 0 aromatic carbocycles. The molecule has 1 saturated heterocycles. The fourth-order valence-corrected chi connectivity index (χ4v) is 17.5. The van der Waals surface area contributed by atoms with Crippen LogP contribution in [0.2, 0.25) is 38.3 Å². The maximum absolute atomic E-state index is 3.03. The molecule has 0 bridgehead atoms. The molecule has 0 radical (unpaired) electrons. The summed E-state index contributed by atoms with van der Waals surface area (Å²) in [6, 6.07) is 3.12. The van der Waals surface area contributed by atoms with Crippen molar-refractivity contribution in [1.29, 1.82) is 0 Å². The van der Waals surface area contributed by atoms with E-state index in [-0.39, 0.29) is 0 Å². The highest BCUT2D eigenvalue weighted by molar-refractivity contribution is 6.95. The Labute approximate surface area is 111 Å². The SMILES string of the molecule is CCCCCCCCN1[Si](C)(C)CC[Si]1(C)C. The molecule has 0 saturated carbocycles. The second-order valence-corrected chi connectivity index (χ2v) is 16.8. The highest BCUT2D eigenvalue weighted by Gasteiger charge is 2.46. The van der Waals surface area contributed by atoms with Gasteiger partial charge >= 0.3 is 0 Å². The number of unbranched alkanes of at least 4 members (excludes halogenated alkanes) is 5. The van der Waals surface area contributed by atoms with E-state index in [0.717, 1.165) is 0 Å². The minimum Gasteiger partial charge on any atom is -0.345 e. The van der Waals surface area contributed by atoms with Crippen molar-refractivity contribution in [3.05, 3.63) is 0 Å². The predicted molar refractivity (Wildman–Crippen MR) is 84.7 cm³/mol. The number of rotatable bonds is 7. The van der Waals surface area contributed by atoms with Crippen LogP contribution in [0.25, 0.3) is 0 Å². The zero-order chi connectivity index (χ0) is 12.9. The van der Waals surface area contributed by atoms with E-state index in [4.69, 9.17) is 0 Å². The number of hydrogen-bond acceptors (Lipinski definition) is 1. The van der Waals surface area contributed by atoms with Crippen LogP contribution in [0.3, 0.4) is 0 Å². The summed E-state index contributed by atoms with van der Waals surface area (Å²) >= 11 is 0. The van der Waals surface area contributed by atoms with Crippen LogP contribution < -0.4 is 0 Å². The van der Waals surface area contributed by atoms with Crippen LogP contribution in [-0.2, 0) is 0 Å². The Kier molecular flexibility index (Phi) is 5.93. The first-order valence-corrected chi connectivity index (χ1v) is 14.0. The second-order valence-electron chi connectivity index (χ2n) is 7.04. The van der Waals surface area contributed by atoms with Crippen molar-refractivity contribution in [2.45, 2.75) is 83.7 Å². The summed E-state index contributed by atoms with van der Waals surface area (Å²) < 4.78 is 3.03. The Balaban J connectivity index is 2.25. The van der Waals surface area contributed by atoms with E-state index in [9.17, 15) is 0 Å². The van der Waals surface area contributed by atoms with Crippen molar-refractivity contribution in [1.82, 2.24) is 4.23 Å². The van der Waals surface area contributed by atoms with E-state index in [0.29, 0.717) is 0 Å². The van der Waals surface area contributed by atoms with Crippen molar-refractivity contribution in [2.75, 3.05) is 6.54 Å². The monoisotopic (exact) mass is 271 g/mol. The largest absolute Gasteiger partial charge is 0.345 e. The van der Waals surface area contributed by atoms with E-state index < -0.39 is 16.5 Å². The van der Waals surface area contributed by atoms with Gasteiger partial charge in [0.2, 0.25) is 0 Å². The second kappa shape index (κ2) is 6.53. The lowest BCUT2D eigenvalue weighted by Crippen LogP contribution is -2.55. The van der Waals surface area contributed by atoms with Crippen molar-refractivity contribution < 1.29 is 0 Å². The van der Waals surface area contributed by atoms with Gasteiger partial charge in [0, 0.05) is 0 Å². The maximum Gasteiger partial charge on any atom is 0.115 e. The summed E-state index contributed by atoms with van der Waals surface area (Å²) in [6.45, 7) is 14.1. The molecule has 17 heavy (non-hydrogen) atoms. The molecule has 1 fully saturated rings. The van der Waals surface area contributed by atoms with E-state index >= 15 is 0 Å². The van der Waals surface area contributed by atoms with Gasteiger partial charge in [-0.05, 0) is 25.1 Å². The third kappa shape index (κ3) is 4.53. The zero-order valence-corrected chi connectivity index (χ0v) is 14.8. The van der Waals surface area contributed by atoms with Gasteiger partial charge < -0.3 is 4.23 Å². The molecule has 1 rings (SSSR count). The Hall–Kier alpha value is 0.394. The van der Waals surface area contributed by atoms with E-state index in [1.165, 1.54) is 45.1 Å². The van der Waals surface area contributed by atoms with E-state index in [1.54, 1.807) is 12.1 Å². The molecule has 1 heterocycles. The highest BCUT2D eigenvalue weighted by Crippen LogP contribution is 2.36. The average Bonchev–Trinajstić information content (AvgIpc) is 2.45. The summed E-state index contributed by atoms with van der Waals surface area (Å²) in [4.78, 5) is 0. The molecule has 3 heteroatoms. The normalized spacial score (nSPS) is 23.1. The Morgan fingerprint density at radius 3 is 1.76 bits per heavy atom. The summed E-state index contributed by atoms with van der Waals surface area (Å²) in [5.41, 5.74) is 0. The molecule has 0 aromatic rings. The predicted octanol–water partition coefficient (Wildman–Crippen LogP) is 5.07. The zero-order valence-electron chi connectivity index (χ0n) is 12.8. The molecule has 0 aliphatic carbocycles. The molecule has 1 nitrogen and oxygen atoms in total. The number of nitrogens with zero attached hydrogens (tertiary/aromatic N) is 1. The van der Waals surface area contributed by atoms with Gasteiger partial charge in [-0.25, -0.2) is 0 Å². The molecule has 1 aliphatic rings. The highest BCUT2D eigenvalue weighted by atomic mass is 28.4. The van der Waals surface area contributed by atoms with Crippen LogP contribution in [0.15, 0.2) is 0 Å². The Morgan fingerprint density at radius 2 is 1.24 bits per heavy atom. The minimum absolute atomic E-state index is 0.985. The smallest absolute Gasteiger partial charge is 0.115 e. The third-order valence-electron chi connectivity index (χ3n) is 4.55. The first-order valence-electron chi connectivity index (χ1n) is 7.68. The van der Waals surface area contributed by atoms with Crippen LogP contribution >= 0.6 is 0 Å². The number of hydrogen-bond donors (Lipinski definition) is 0. The molecule has 1 aliphatic heterocycles. The van der Waals surface area contributed by atoms with Crippen LogP contribution in [0.5, 0.6) is 0 Å². The van der Waals surface area contributed by atoms with Crippen molar-refractivity contribution >= 4 is 16.5 Å². The molecular formula is C14H33NSi2. The lowest BCUT2D eigenvalue weighted by atomic mass is 10.1. The summed E-state index contributed by atoms with van der Waals surface area (Å²) in [5.74, 6) is 0. The minimum atomic E-state index is -0.985. The molecule has 0 amide bonds. The summed E-state index contributed by atoms with van der Waals surface area (Å²) in [7, 11) is -1.97. The van der Waals surface area contributed by atoms with Gasteiger partial charge in [-0.15, -0.1) is 0 Å². The van der Waals surface area contributed by atoms with Gasteiger partial charge in [0.25, 0.3) is 0 Å². The maximum atomic E-state index is 3.03. The van der Waals surface area contributed by atoms with E-state index in [2.05, 4.69) is 37.3 Å². The first-order chi connectivity index (χ1) is 7.90. The van der Waals surface area contributed by atoms with Crippen molar-refractivity contribution in [3.63, 3.8) is 0 Å². The molecular weight excluding hydrogens is 238 g/mol. The summed E-state index contributed by atoms with van der Waals surface area (Å²) in [5, 5.41) is 0. The van der Waals surface area contributed by atoms with Gasteiger partial charge in [-0.1, -0.05) is 65.2 Å². The fourth-order valence-electron chi connectivity index (χ4n) is 3.36. The molecule has 0 spiro atoms. The Bertz CT molecular complexity index is 210. The van der Waals surface area contributed by atoms with Crippen molar-refractivity contribution in [3.8, 4) is 0 Å². The topological polar surface area (TPSA) is 3.24 Å². The van der Waals surface area contributed by atoms with Gasteiger partial charge in [0.05, 0.1) is 0 Å². The average molecular weight is 272 g/mol. The van der Waals surface area contributed by atoms with E-state index in [1.807, 2.05) is 0 Å². The summed E-state index contributed by atoms with van der Waals surface area (Å²) in [6.07, 6.45) is 8.64. The molecule has 0 aromatic heterocycles. The van der Waals surface area contributed by atoms with Gasteiger partial charge in [0.1, 0.15) is 16.5 Å². The van der Waals surface area contributed by atoms with Crippen LogP contribution in [0.4, 0.5) is 0 Å². The van der Waals surface area contributed by atoms with Crippen LogP contribution in [-0.4, -0.2) is 27.2 Å². The lowest BCUT2D eigenvalue weighted by molar-refractivity contribution is 0.538. The molecule has 0 N–H and O–H groups in total. The van der Waals surface area contributed by atoms with Crippen LogP contribution in [0, 0.1) is 0 Å². The molecule has 0 unspecified atom stereocenters. The van der Waals surface area contributed by atoms with Gasteiger partial charge in [0.15, 0.2) is 0 Å². The van der Waals surface area contributed by atoms with Gasteiger partial charge in [-0.3, -0.25) is 0 Å². The quantitative estimate of drug-likeness (QED) is 0.461. The molecule has 0 atom stereocenters. The Morgan fingerprint density at radius 1 is 0.765 bits per heavy atom. The fraction of sp³-hybridized carbons (Fsp3) is 1.00. The first kappa shape index (κ1) is 15.5. The lowest BCUT2D eigenvalue weighted by Gasteiger charge is -2.39. The van der Waals surface area contributed by atoms with Gasteiger partial charge in [-0.2, -0.15) is 0 Å². The third-order valence-corrected chi connectivity index (χ3v) is 15.0. The van der Waals surface area contributed by atoms with Crippen molar-refractivity contribution in [2.24, 2.45) is 0 Å². The molecule has 102 valence electrons. The standard InChI is InChI=1S/C14H33NSi2/c1-6-7-8-9-10-11-12-15-16(2,3)13-14-17(15,4)5/h6-14H2,1-5H3.